The summed E-state index contributed by atoms with van der Waals surface area (Å²) in [6.07, 6.45) is 5.05. The molecule has 2 atom stereocenters. The molecule has 16 heavy (non-hydrogen) atoms. The lowest BCUT2D eigenvalue weighted by Crippen LogP contribution is -2.33. The van der Waals surface area contributed by atoms with Crippen molar-refractivity contribution >= 4 is 0 Å². The number of pyridine rings is 1. The summed E-state index contributed by atoms with van der Waals surface area (Å²) >= 11 is 0. The zero-order valence-electron chi connectivity index (χ0n) is 9.82. The van der Waals surface area contributed by atoms with Crippen LogP contribution >= 0.6 is 0 Å². The number of aromatic nitrogens is 1. The molecule has 3 nitrogen and oxygen atoms in total. The van der Waals surface area contributed by atoms with Gasteiger partial charge in [-0.05, 0) is 50.3 Å². The van der Waals surface area contributed by atoms with E-state index in [0.717, 1.165) is 19.4 Å². The first kappa shape index (κ1) is 11.6. The second-order valence-electron chi connectivity index (χ2n) is 4.61. The second kappa shape index (κ2) is 5.41. The first-order valence-electron chi connectivity index (χ1n) is 6.07. The van der Waals surface area contributed by atoms with Crippen LogP contribution in [0.3, 0.4) is 0 Å². The Kier molecular flexibility index (Phi) is 3.91. The Hall–Kier alpha value is -0.930. The van der Waals surface area contributed by atoms with Crippen LogP contribution < -0.4 is 5.32 Å². The molecule has 1 aromatic heterocycles. The molecular weight excluding hydrogens is 200 g/mol. The number of aliphatic hydroxyl groups excluding tert-OH is 1. The van der Waals surface area contributed by atoms with Crippen LogP contribution in [0, 0.1) is 12.8 Å². The first-order chi connectivity index (χ1) is 7.81. The zero-order chi connectivity index (χ0) is 11.4. The lowest BCUT2D eigenvalue weighted by atomic mass is 9.87. The van der Waals surface area contributed by atoms with Gasteiger partial charge in [0.1, 0.15) is 0 Å². The average molecular weight is 220 g/mol. The number of aryl methyl sites for hydroxylation is 1. The van der Waals surface area contributed by atoms with Gasteiger partial charge in [-0.2, -0.15) is 0 Å². The molecule has 3 heteroatoms. The Labute approximate surface area is 96.9 Å². The van der Waals surface area contributed by atoms with Gasteiger partial charge in [0.25, 0.3) is 0 Å². The molecule has 0 radical (unpaired) electrons. The molecule has 1 fully saturated rings. The topological polar surface area (TPSA) is 45.2 Å². The van der Waals surface area contributed by atoms with E-state index in [9.17, 15) is 0 Å². The monoisotopic (exact) mass is 220 g/mol. The van der Waals surface area contributed by atoms with Crippen LogP contribution in [0.15, 0.2) is 18.3 Å². The molecule has 0 aromatic carbocycles. The van der Waals surface area contributed by atoms with Gasteiger partial charge in [0.05, 0.1) is 11.7 Å². The highest BCUT2D eigenvalue weighted by atomic mass is 16.3. The Bertz CT molecular complexity index is 338. The summed E-state index contributed by atoms with van der Waals surface area (Å²) in [7, 11) is 0. The molecule has 2 rings (SSSR count). The van der Waals surface area contributed by atoms with Gasteiger partial charge >= 0.3 is 0 Å². The molecule has 1 saturated heterocycles. The van der Waals surface area contributed by atoms with E-state index in [-0.39, 0.29) is 0 Å². The number of piperidine rings is 1. The van der Waals surface area contributed by atoms with Crippen LogP contribution in [0.4, 0.5) is 0 Å². The summed E-state index contributed by atoms with van der Waals surface area (Å²) in [4.78, 5) is 4.47. The maximum atomic E-state index is 8.99. The van der Waals surface area contributed by atoms with E-state index < -0.39 is 0 Å². The predicted molar refractivity (Wildman–Crippen MR) is 64.1 cm³/mol. The van der Waals surface area contributed by atoms with Crippen molar-refractivity contribution in [3.8, 4) is 0 Å². The fourth-order valence-electron chi connectivity index (χ4n) is 2.51. The standard InChI is InChI=1S/C13H20N2O/c1-10-3-2-6-15-13(10)12-9-11(5-8-16)4-7-14-12/h2-3,6,11-12,14,16H,4-5,7-9H2,1H3. The van der Waals surface area contributed by atoms with Gasteiger partial charge in [0.2, 0.25) is 0 Å². The van der Waals surface area contributed by atoms with E-state index in [1.807, 2.05) is 12.3 Å². The van der Waals surface area contributed by atoms with Gasteiger partial charge in [-0.25, -0.2) is 0 Å². The minimum absolute atomic E-state index is 0.304. The van der Waals surface area contributed by atoms with Crippen LogP contribution in [0.25, 0.3) is 0 Å². The van der Waals surface area contributed by atoms with Crippen molar-refractivity contribution in [1.29, 1.82) is 0 Å². The van der Waals surface area contributed by atoms with E-state index in [2.05, 4.69) is 23.3 Å². The highest BCUT2D eigenvalue weighted by Crippen LogP contribution is 2.29. The average Bonchev–Trinajstić information content (AvgIpc) is 2.30. The molecule has 0 saturated carbocycles. The van der Waals surface area contributed by atoms with Crippen molar-refractivity contribution in [3.05, 3.63) is 29.6 Å². The smallest absolute Gasteiger partial charge is 0.0602 e. The van der Waals surface area contributed by atoms with Gasteiger partial charge in [-0.3, -0.25) is 4.98 Å². The molecule has 88 valence electrons. The lowest BCUT2D eigenvalue weighted by Gasteiger charge is -2.30. The highest BCUT2D eigenvalue weighted by molar-refractivity contribution is 5.21. The van der Waals surface area contributed by atoms with Crippen LogP contribution in [0.1, 0.15) is 36.6 Å². The molecule has 0 bridgehead atoms. The van der Waals surface area contributed by atoms with Gasteiger partial charge in [-0.1, -0.05) is 6.07 Å². The van der Waals surface area contributed by atoms with Crippen molar-refractivity contribution in [2.75, 3.05) is 13.2 Å². The normalized spacial score (nSPS) is 25.6. The summed E-state index contributed by atoms with van der Waals surface area (Å²) in [5, 5.41) is 12.5. The molecule has 1 aromatic rings. The molecule has 2 heterocycles. The number of nitrogens with one attached hydrogen (secondary N) is 1. The molecule has 2 N–H and O–H groups in total. The zero-order valence-corrected chi connectivity index (χ0v) is 9.82. The number of rotatable bonds is 3. The highest BCUT2D eigenvalue weighted by Gasteiger charge is 2.23. The molecule has 0 spiro atoms. The summed E-state index contributed by atoms with van der Waals surface area (Å²) in [6, 6.07) is 4.46. The number of nitrogens with zero attached hydrogens (tertiary/aromatic N) is 1. The van der Waals surface area contributed by atoms with E-state index in [4.69, 9.17) is 5.11 Å². The van der Waals surface area contributed by atoms with Crippen LogP contribution in [0.5, 0.6) is 0 Å². The van der Waals surface area contributed by atoms with E-state index in [0.29, 0.717) is 18.6 Å². The summed E-state index contributed by atoms with van der Waals surface area (Å²) < 4.78 is 0. The number of hydrogen-bond acceptors (Lipinski definition) is 3. The van der Waals surface area contributed by atoms with Crippen LogP contribution in [-0.2, 0) is 0 Å². The van der Waals surface area contributed by atoms with E-state index in [1.165, 1.54) is 17.7 Å². The Morgan fingerprint density at radius 1 is 1.56 bits per heavy atom. The molecule has 1 aliphatic heterocycles. The van der Waals surface area contributed by atoms with E-state index >= 15 is 0 Å². The van der Waals surface area contributed by atoms with Gasteiger partial charge in [0.15, 0.2) is 0 Å². The minimum atomic E-state index is 0.304. The van der Waals surface area contributed by atoms with Crippen molar-refractivity contribution in [1.82, 2.24) is 10.3 Å². The Morgan fingerprint density at radius 2 is 2.44 bits per heavy atom. The first-order valence-corrected chi connectivity index (χ1v) is 6.07. The van der Waals surface area contributed by atoms with Gasteiger partial charge < -0.3 is 10.4 Å². The SMILES string of the molecule is Cc1cccnc1C1CC(CCO)CCN1. The van der Waals surface area contributed by atoms with E-state index in [1.54, 1.807) is 0 Å². The molecule has 2 unspecified atom stereocenters. The third kappa shape index (κ3) is 2.60. The van der Waals surface area contributed by atoms with Crippen LogP contribution in [0.2, 0.25) is 0 Å². The van der Waals surface area contributed by atoms with Crippen molar-refractivity contribution in [3.63, 3.8) is 0 Å². The van der Waals surface area contributed by atoms with Crippen LogP contribution in [-0.4, -0.2) is 23.2 Å². The third-order valence-electron chi connectivity index (χ3n) is 3.43. The Balaban J connectivity index is 2.07. The number of aliphatic hydroxyl groups is 1. The fourth-order valence-corrected chi connectivity index (χ4v) is 2.51. The quantitative estimate of drug-likeness (QED) is 0.816. The summed E-state index contributed by atoms with van der Waals surface area (Å²) in [5.74, 6) is 0.637. The molecule has 0 aliphatic carbocycles. The van der Waals surface area contributed by atoms with Gasteiger partial charge in [0, 0.05) is 12.8 Å². The summed E-state index contributed by atoms with van der Waals surface area (Å²) in [6.45, 7) is 3.45. The predicted octanol–water partition coefficient (Wildman–Crippen LogP) is 1.81. The Morgan fingerprint density at radius 3 is 3.19 bits per heavy atom. The molecule has 1 aliphatic rings. The summed E-state index contributed by atoms with van der Waals surface area (Å²) in [5.41, 5.74) is 2.43. The van der Waals surface area contributed by atoms with Crippen molar-refractivity contribution in [2.45, 2.75) is 32.2 Å². The minimum Gasteiger partial charge on any atom is -0.396 e. The number of hydrogen-bond donors (Lipinski definition) is 2. The lowest BCUT2D eigenvalue weighted by molar-refractivity contribution is 0.215. The second-order valence-corrected chi connectivity index (χ2v) is 4.61. The molecular formula is C13H20N2O. The largest absolute Gasteiger partial charge is 0.396 e. The third-order valence-corrected chi connectivity index (χ3v) is 3.43. The maximum Gasteiger partial charge on any atom is 0.0602 e. The molecule has 0 amide bonds. The van der Waals surface area contributed by atoms with Gasteiger partial charge in [-0.15, -0.1) is 0 Å². The fraction of sp³-hybridized carbons (Fsp3) is 0.615. The van der Waals surface area contributed by atoms with Crippen molar-refractivity contribution in [2.24, 2.45) is 5.92 Å². The maximum absolute atomic E-state index is 8.99. The van der Waals surface area contributed by atoms with Crippen molar-refractivity contribution < 1.29 is 5.11 Å².